The first kappa shape index (κ1) is 15.5. The molecule has 2 aromatic rings. The number of ether oxygens (including phenoxy) is 1. The number of aryl methyl sites for hydroxylation is 2. The summed E-state index contributed by atoms with van der Waals surface area (Å²) in [5, 5.41) is 0. The van der Waals surface area contributed by atoms with Crippen LogP contribution in [0.2, 0.25) is 0 Å². The highest BCUT2D eigenvalue weighted by Gasteiger charge is 2.10. The van der Waals surface area contributed by atoms with E-state index in [1.165, 1.54) is 11.1 Å². The zero-order valence-corrected chi connectivity index (χ0v) is 12.8. The highest BCUT2D eigenvalue weighted by atomic mass is 16.5. The maximum atomic E-state index is 5.73. The predicted molar refractivity (Wildman–Crippen MR) is 87.2 cm³/mol. The predicted octanol–water partition coefficient (Wildman–Crippen LogP) is 3.53. The topological polar surface area (TPSA) is 47.3 Å². The number of benzene rings is 2. The van der Waals surface area contributed by atoms with Crippen molar-refractivity contribution in [3.63, 3.8) is 0 Å². The summed E-state index contributed by atoms with van der Waals surface area (Å²) in [4.78, 5) is 0. The van der Waals surface area contributed by atoms with Gasteiger partial charge in [-0.2, -0.15) is 0 Å². The van der Waals surface area contributed by atoms with Crippen molar-refractivity contribution in [3.05, 3.63) is 65.2 Å². The van der Waals surface area contributed by atoms with Crippen molar-refractivity contribution in [3.8, 4) is 5.75 Å². The Morgan fingerprint density at radius 1 is 1.14 bits per heavy atom. The minimum absolute atomic E-state index is 0.131. The normalized spacial score (nSPS) is 12.1. The van der Waals surface area contributed by atoms with Gasteiger partial charge in [0.1, 0.15) is 5.75 Å². The van der Waals surface area contributed by atoms with Crippen LogP contribution in [0.25, 0.3) is 0 Å². The first-order valence-electron chi connectivity index (χ1n) is 7.47. The molecule has 3 heteroatoms. The van der Waals surface area contributed by atoms with Crippen LogP contribution in [0.5, 0.6) is 5.75 Å². The van der Waals surface area contributed by atoms with Crippen LogP contribution in [0.3, 0.4) is 0 Å². The molecule has 0 aliphatic heterocycles. The summed E-state index contributed by atoms with van der Waals surface area (Å²) in [5.41, 5.74) is 6.70. The van der Waals surface area contributed by atoms with E-state index in [9.17, 15) is 0 Å². The highest BCUT2D eigenvalue weighted by Crippen LogP contribution is 2.23. The smallest absolute Gasteiger partial charge is 0.119 e. The number of rotatable bonds is 7. The lowest BCUT2D eigenvalue weighted by Crippen LogP contribution is -2.28. The van der Waals surface area contributed by atoms with E-state index in [4.69, 9.17) is 10.6 Å². The van der Waals surface area contributed by atoms with Crippen LogP contribution in [-0.2, 0) is 6.42 Å². The van der Waals surface area contributed by atoms with E-state index in [1.807, 2.05) is 19.1 Å². The molecule has 1 unspecified atom stereocenters. The second-order valence-corrected chi connectivity index (χ2v) is 5.25. The molecule has 0 saturated carbocycles. The molecule has 0 amide bonds. The highest BCUT2D eigenvalue weighted by molar-refractivity contribution is 5.31. The van der Waals surface area contributed by atoms with Crippen molar-refractivity contribution >= 4 is 0 Å². The molecule has 0 radical (unpaired) electrons. The van der Waals surface area contributed by atoms with Gasteiger partial charge in [0.25, 0.3) is 0 Å². The van der Waals surface area contributed by atoms with Crippen molar-refractivity contribution in [1.82, 2.24) is 5.43 Å². The Kier molecular flexibility index (Phi) is 5.78. The molecule has 0 aliphatic rings. The maximum absolute atomic E-state index is 5.73. The number of nitrogens with one attached hydrogen (secondary N) is 1. The second kappa shape index (κ2) is 7.81. The number of hydrogen-bond acceptors (Lipinski definition) is 3. The fraction of sp³-hybridized carbons (Fsp3) is 0.333. The average molecular weight is 284 g/mol. The standard InChI is InChI=1S/C18H24N2O/c1-3-21-17-6-4-5-16(13-17)18(20-19)12-11-15-9-7-14(2)8-10-15/h4-10,13,18,20H,3,11-12,19H2,1-2H3. The third-order valence-corrected chi connectivity index (χ3v) is 3.61. The van der Waals surface area contributed by atoms with Crippen LogP contribution in [0.4, 0.5) is 0 Å². The van der Waals surface area contributed by atoms with Gasteiger partial charge in [0, 0.05) is 6.04 Å². The first-order valence-corrected chi connectivity index (χ1v) is 7.47. The van der Waals surface area contributed by atoms with Crippen molar-refractivity contribution in [2.24, 2.45) is 5.84 Å². The molecule has 21 heavy (non-hydrogen) atoms. The van der Waals surface area contributed by atoms with Gasteiger partial charge in [0.15, 0.2) is 0 Å². The van der Waals surface area contributed by atoms with E-state index in [0.29, 0.717) is 6.61 Å². The Hall–Kier alpha value is -1.84. The van der Waals surface area contributed by atoms with Gasteiger partial charge in [-0.3, -0.25) is 11.3 Å². The molecular formula is C18H24N2O. The number of hydrazine groups is 1. The zero-order valence-electron chi connectivity index (χ0n) is 12.8. The third kappa shape index (κ3) is 4.59. The molecule has 3 N–H and O–H groups in total. The molecule has 2 aromatic carbocycles. The lowest BCUT2D eigenvalue weighted by atomic mass is 9.99. The Morgan fingerprint density at radius 2 is 1.90 bits per heavy atom. The van der Waals surface area contributed by atoms with Crippen LogP contribution in [-0.4, -0.2) is 6.61 Å². The molecule has 0 bridgehead atoms. The third-order valence-electron chi connectivity index (χ3n) is 3.61. The van der Waals surface area contributed by atoms with Crippen molar-refractivity contribution in [2.75, 3.05) is 6.61 Å². The zero-order chi connectivity index (χ0) is 15.1. The van der Waals surface area contributed by atoms with E-state index < -0.39 is 0 Å². The Balaban J connectivity index is 2.02. The minimum Gasteiger partial charge on any atom is -0.494 e. The monoisotopic (exact) mass is 284 g/mol. The molecule has 0 aromatic heterocycles. The van der Waals surface area contributed by atoms with E-state index in [0.717, 1.165) is 24.2 Å². The van der Waals surface area contributed by atoms with Gasteiger partial charge in [0.2, 0.25) is 0 Å². The molecule has 1 atom stereocenters. The van der Waals surface area contributed by atoms with Crippen LogP contribution in [0.15, 0.2) is 48.5 Å². The molecule has 2 rings (SSSR count). The lowest BCUT2D eigenvalue weighted by Gasteiger charge is -2.17. The van der Waals surface area contributed by atoms with Gasteiger partial charge in [0.05, 0.1) is 6.61 Å². The van der Waals surface area contributed by atoms with Crippen LogP contribution >= 0.6 is 0 Å². The summed E-state index contributed by atoms with van der Waals surface area (Å²) in [6.07, 6.45) is 1.95. The Morgan fingerprint density at radius 3 is 2.57 bits per heavy atom. The molecule has 0 spiro atoms. The van der Waals surface area contributed by atoms with Gasteiger partial charge in [-0.1, -0.05) is 42.0 Å². The molecule has 0 aliphatic carbocycles. The quantitative estimate of drug-likeness (QED) is 0.604. The van der Waals surface area contributed by atoms with E-state index in [2.05, 4.69) is 48.7 Å². The largest absolute Gasteiger partial charge is 0.494 e. The fourth-order valence-corrected chi connectivity index (χ4v) is 2.40. The first-order chi connectivity index (χ1) is 10.2. The van der Waals surface area contributed by atoms with Crippen LogP contribution < -0.4 is 16.0 Å². The molecule has 3 nitrogen and oxygen atoms in total. The molecule has 0 saturated heterocycles. The summed E-state index contributed by atoms with van der Waals surface area (Å²) < 4.78 is 5.55. The summed E-state index contributed by atoms with van der Waals surface area (Å²) in [7, 11) is 0. The van der Waals surface area contributed by atoms with E-state index in [-0.39, 0.29) is 6.04 Å². The summed E-state index contributed by atoms with van der Waals surface area (Å²) in [6, 6.07) is 16.9. The minimum atomic E-state index is 0.131. The molecule has 112 valence electrons. The second-order valence-electron chi connectivity index (χ2n) is 5.25. The fourth-order valence-electron chi connectivity index (χ4n) is 2.40. The number of hydrogen-bond donors (Lipinski definition) is 2. The van der Waals surface area contributed by atoms with Gasteiger partial charge in [-0.25, -0.2) is 0 Å². The maximum Gasteiger partial charge on any atom is 0.119 e. The lowest BCUT2D eigenvalue weighted by molar-refractivity contribution is 0.339. The van der Waals surface area contributed by atoms with Gasteiger partial charge >= 0.3 is 0 Å². The van der Waals surface area contributed by atoms with Crippen LogP contribution in [0.1, 0.15) is 36.1 Å². The van der Waals surface area contributed by atoms with Gasteiger partial charge in [-0.05, 0) is 49.9 Å². The molecule has 0 fully saturated rings. The molecule has 0 heterocycles. The summed E-state index contributed by atoms with van der Waals surface area (Å²) in [5.74, 6) is 6.62. The van der Waals surface area contributed by atoms with E-state index in [1.54, 1.807) is 0 Å². The molecular weight excluding hydrogens is 260 g/mol. The van der Waals surface area contributed by atoms with Crippen molar-refractivity contribution < 1.29 is 4.74 Å². The number of nitrogens with two attached hydrogens (primary N) is 1. The summed E-state index contributed by atoms with van der Waals surface area (Å²) in [6.45, 7) is 4.77. The van der Waals surface area contributed by atoms with Crippen molar-refractivity contribution in [2.45, 2.75) is 32.7 Å². The van der Waals surface area contributed by atoms with E-state index >= 15 is 0 Å². The van der Waals surface area contributed by atoms with Gasteiger partial charge in [-0.15, -0.1) is 0 Å². The van der Waals surface area contributed by atoms with Crippen LogP contribution in [0, 0.1) is 6.92 Å². The Labute approximate surface area is 127 Å². The average Bonchev–Trinajstić information content (AvgIpc) is 2.50. The summed E-state index contributed by atoms with van der Waals surface area (Å²) >= 11 is 0. The Bertz CT molecular complexity index is 551. The van der Waals surface area contributed by atoms with Gasteiger partial charge < -0.3 is 4.74 Å². The van der Waals surface area contributed by atoms with Crippen molar-refractivity contribution in [1.29, 1.82) is 0 Å². The SMILES string of the molecule is CCOc1cccc(C(CCc2ccc(C)cc2)NN)c1.